The van der Waals surface area contributed by atoms with Gasteiger partial charge in [-0.1, -0.05) is 22.4 Å². The first-order valence-electron chi connectivity index (χ1n) is 6.04. The average molecular weight is 311 g/mol. The fourth-order valence-electron chi connectivity index (χ4n) is 2.54. The molecule has 0 radical (unpaired) electrons. The minimum absolute atomic E-state index is 0.368. The van der Waals surface area contributed by atoms with Crippen molar-refractivity contribution in [1.29, 1.82) is 0 Å². The summed E-state index contributed by atoms with van der Waals surface area (Å²) in [5, 5.41) is 1.27. The standard InChI is InChI=1S/C13H15BrN2S/c14-9-4-5-12-11(7-9)16-13(17-12)8-2-1-3-10(15)6-8/h4-5,7-8,10H,1-3,6,15H2. The zero-order chi connectivity index (χ0) is 11.8. The molecule has 0 amide bonds. The molecule has 1 heterocycles. The summed E-state index contributed by atoms with van der Waals surface area (Å²) in [6, 6.07) is 6.69. The van der Waals surface area contributed by atoms with Crippen LogP contribution in [0.4, 0.5) is 0 Å². The summed E-state index contributed by atoms with van der Waals surface area (Å²) in [5.41, 5.74) is 7.16. The van der Waals surface area contributed by atoms with E-state index < -0.39 is 0 Å². The lowest BCUT2D eigenvalue weighted by molar-refractivity contribution is 0.393. The van der Waals surface area contributed by atoms with Gasteiger partial charge in [-0.2, -0.15) is 0 Å². The fraction of sp³-hybridized carbons (Fsp3) is 0.462. The van der Waals surface area contributed by atoms with Crippen LogP contribution in [-0.2, 0) is 0 Å². The van der Waals surface area contributed by atoms with Crippen LogP contribution in [0, 0.1) is 0 Å². The van der Waals surface area contributed by atoms with Gasteiger partial charge in [0.15, 0.2) is 0 Å². The molecule has 0 spiro atoms. The van der Waals surface area contributed by atoms with Crippen LogP contribution in [0.1, 0.15) is 36.6 Å². The van der Waals surface area contributed by atoms with E-state index in [-0.39, 0.29) is 0 Å². The van der Waals surface area contributed by atoms with E-state index in [0.717, 1.165) is 16.4 Å². The topological polar surface area (TPSA) is 38.9 Å². The maximum absolute atomic E-state index is 6.05. The predicted molar refractivity (Wildman–Crippen MR) is 76.5 cm³/mol. The molecular weight excluding hydrogens is 296 g/mol. The number of nitrogens with two attached hydrogens (primary N) is 1. The van der Waals surface area contributed by atoms with Crippen molar-refractivity contribution in [2.45, 2.75) is 37.6 Å². The predicted octanol–water partition coefficient (Wildman–Crippen LogP) is 4.04. The van der Waals surface area contributed by atoms with Gasteiger partial charge in [-0.3, -0.25) is 0 Å². The molecule has 0 aliphatic heterocycles. The molecule has 2 aromatic rings. The first-order valence-corrected chi connectivity index (χ1v) is 7.65. The Labute approximate surface area is 113 Å². The highest BCUT2D eigenvalue weighted by Gasteiger charge is 2.23. The van der Waals surface area contributed by atoms with Crippen molar-refractivity contribution in [2.75, 3.05) is 0 Å². The molecule has 1 aliphatic carbocycles. The van der Waals surface area contributed by atoms with Crippen molar-refractivity contribution in [3.8, 4) is 0 Å². The molecule has 1 aliphatic rings. The number of nitrogens with zero attached hydrogens (tertiary/aromatic N) is 1. The number of hydrogen-bond acceptors (Lipinski definition) is 3. The molecule has 1 saturated carbocycles. The van der Waals surface area contributed by atoms with Gasteiger partial charge in [0.1, 0.15) is 0 Å². The van der Waals surface area contributed by atoms with Gasteiger partial charge in [0, 0.05) is 16.4 Å². The third-order valence-electron chi connectivity index (χ3n) is 3.43. The summed E-state index contributed by atoms with van der Waals surface area (Å²) in [6.07, 6.45) is 4.76. The summed E-state index contributed by atoms with van der Waals surface area (Å²) < 4.78 is 2.38. The first-order chi connectivity index (χ1) is 8.22. The van der Waals surface area contributed by atoms with Crippen molar-refractivity contribution in [2.24, 2.45) is 5.73 Å². The first kappa shape index (κ1) is 11.6. The smallest absolute Gasteiger partial charge is 0.0970 e. The zero-order valence-electron chi connectivity index (χ0n) is 9.53. The molecule has 3 rings (SSSR count). The third-order valence-corrected chi connectivity index (χ3v) is 5.12. The minimum Gasteiger partial charge on any atom is -0.328 e. The molecule has 90 valence electrons. The van der Waals surface area contributed by atoms with Gasteiger partial charge in [-0.25, -0.2) is 4.98 Å². The Morgan fingerprint density at radius 2 is 2.24 bits per heavy atom. The number of thiazole rings is 1. The van der Waals surface area contributed by atoms with Gasteiger partial charge in [0.05, 0.1) is 15.2 Å². The van der Waals surface area contributed by atoms with Crippen molar-refractivity contribution in [3.05, 3.63) is 27.7 Å². The highest BCUT2D eigenvalue weighted by molar-refractivity contribution is 9.10. The highest BCUT2D eigenvalue weighted by Crippen LogP contribution is 2.36. The molecule has 17 heavy (non-hydrogen) atoms. The monoisotopic (exact) mass is 310 g/mol. The second kappa shape index (κ2) is 4.67. The van der Waals surface area contributed by atoms with Crippen molar-refractivity contribution in [1.82, 2.24) is 4.98 Å². The highest BCUT2D eigenvalue weighted by atomic mass is 79.9. The van der Waals surface area contributed by atoms with E-state index in [9.17, 15) is 0 Å². The van der Waals surface area contributed by atoms with E-state index in [4.69, 9.17) is 10.7 Å². The third kappa shape index (κ3) is 2.39. The van der Waals surface area contributed by atoms with Gasteiger partial charge in [0.2, 0.25) is 0 Å². The fourth-order valence-corrected chi connectivity index (χ4v) is 3.99. The molecular formula is C13H15BrN2S. The second-order valence-corrected chi connectivity index (χ2v) is 6.77. The summed E-state index contributed by atoms with van der Waals surface area (Å²) in [7, 11) is 0. The zero-order valence-corrected chi connectivity index (χ0v) is 11.9. The molecule has 2 atom stereocenters. The summed E-state index contributed by atoms with van der Waals surface area (Å²) in [4.78, 5) is 4.76. The Hall–Kier alpha value is -0.450. The van der Waals surface area contributed by atoms with E-state index in [1.54, 1.807) is 0 Å². The van der Waals surface area contributed by atoms with Gasteiger partial charge in [-0.05, 0) is 37.5 Å². The van der Waals surface area contributed by atoms with Crippen LogP contribution in [-0.4, -0.2) is 11.0 Å². The van der Waals surface area contributed by atoms with E-state index in [1.807, 2.05) is 11.3 Å². The summed E-state index contributed by atoms with van der Waals surface area (Å²) in [5.74, 6) is 0.579. The van der Waals surface area contributed by atoms with Crippen LogP contribution in [0.5, 0.6) is 0 Å². The number of rotatable bonds is 1. The molecule has 0 saturated heterocycles. The largest absolute Gasteiger partial charge is 0.328 e. The molecule has 0 bridgehead atoms. The van der Waals surface area contributed by atoms with Gasteiger partial charge < -0.3 is 5.73 Å². The average Bonchev–Trinajstić information content (AvgIpc) is 2.72. The van der Waals surface area contributed by atoms with Crippen LogP contribution >= 0.6 is 27.3 Å². The Kier molecular flexibility index (Phi) is 3.19. The summed E-state index contributed by atoms with van der Waals surface area (Å²) in [6.45, 7) is 0. The van der Waals surface area contributed by atoms with Crippen molar-refractivity contribution < 1.29 is 0 Å². The van der Waals surface area contributed by atoms with E-state index in [2.05, 4.69) is 34.1 Å². The number of benzene rings is 1. The molecule has 2 N–H and O–H groups in total. The van der Waals surface area contributed by atoms with Gasteiger partial charge in [0.25, 0.3) is 0 Å². The SMILES string of the molecule is NC1CCCC(c2nc3cc(Br)ccc3s2)C1. The van der Waals surface area contributed by atoms with Crippen molar-refractivity contribution in [3.63, 3.8) is 0 Å². The Morgan fingerprint density at radius 1 is 1.35 bits per heavy atom. The van der Waals surface area contributed by atoms with Crippen LogP contribution < -0.4 is 5.73 Å². The second-order valence-electron chi connectivity index (χ2n) is 4.79. The maximum Gasteiger partial charge on any atom is 0.0970 e. The normalized spacial score (nSPS) is 25.3. The van der Waals surface area contributed by atoms with Crippen molar-refractivity contribution >= 4 is 37.5 Å². The Balaban J connectivity index is 1.94. The summed E-state index contributed by atoms with van der Waals surface area (Å²) >= 11 is 5.32. The van der Waals surface area contributed by atoms with Crippen LogP contribution in [0.3, 0.4) is 0 Å². The van der Waals surface area contributed by atoms with E-state index in [1.165, 1.54) is 29.0 Å². The Morgan fingerprint density at radius 3 is 3.06 bits per heavy atom. The van der Waals surface area contributed by atoms with Crippen LogP contribution in [0.25, 0.3) is 10.2 Å². The molecule has 1 aromatic heterocycles. The van der Waals surface area contributed by atoms with E-state index >= 15 is 0 Å². The quantitative estimate of drug-likeness (QED) is 0.863. The lowest BCUT2D eigenvalue weighted by Gasteiger charge is -2.24. The van der Waals surface area contributed by atoms with Gasteiger partial charge >= 0.3 is 0 Å². The van der Waals surface area contributed by atoms with Crippen LogP contribution in [0.15, 0.2) is 22.7 Å². The number of halogens is 1. The van der Waals surface area contributed by atoms with E-state index in [0.29, 0.717) is 12.0 Å². The maximum atomic E-state index is 6.05. The molecule has 1 aromatic carbocycles. The van der Waals surface area contributed by atoms with Crippen LogP contribution in [0.2, 0.25) is 0 Å². The number of aromatic nitrogens is 1. The molecule has 4 heteroatoms. The Bertz CT molecular complexity index is 537. The minimum atomic E-state index is 0.368. The lowest BCUT2D eigenvalue weighted by Crippen LogP contribution is -2.26. The lowest BCUT2D eigenvalue weighted by atomic mass is 9.87. The molecule has 2 nitrogen and oxygen atoms in total. The molecule has 2 unspecified atom stereocenters. The van der Waals surface area contributed by atoms with Gasteiger partial charge in [-0.15, -0.1) is 11.3 Å². The number of fused-ring (bicyclic) bond motifs is 1. The molecule has 1 fully saturated rings. The number of hydrogen-bond donors (Lipinski definition) is 1.